The molecule has 0 atom stereocenters. The lowest BCUT2D eigenvalue weighted by molar-refractivity contribution is 0.174. The van der Waals surface area contributed by atoms with Crippen LogP contribution < -0.4 is 15.2 Å². The van der Waals surface area contributed by atoms with Crippen molar-refractivity contribution >= 4 is 0 Å². The maximum atomic E-state index is 13.8. The van der Waals surface area contributed by atoms with Crippen LogP contribution in [0.4, 0.5) is 4.39 Å². The summed E-state index contributed by atoms with van der Waals surface area (Å²) in [6, 6.07) is 2.76. The summed E-state index contributed by atoms with van der Waals surface area (Å²) < 4.78 is 28.9. The smallest absolute Gasteiger partial charge is 0.240 e. The monoisotopic (exact) mass is 237 g/mol. The lowest BCUT2D eigenvalue weighted by Gasteiger charge is -2.02. The van der Waals surface area contributed by atoms with Crippen molar-refractivity contribution < 1.29 is 18.4 Å². The molecule has 0 aliphatic carbocycles. The highest BCUT2D eigenvalue weighted by Crippen LogP contribution is 2.41. The van der Waals surface area contributed by atoms with Gasteiger partial charge in [-0.05, 0) is 12.1 Å². The quantitative estimate of drug-likeness (QED) is 0.840. The number of halogens is 1. The summed E-state index contributed by atoms with van der Waals surface area (Å²) in [6.07, 6.45) is 0. The standard InChI is InChI=1S/C10H8FN3O3/c11-5-1-2-6-9(16-4-15-6)8(5)10-13-7(3-12)17-14-10/h1-2H,3-4,12H2. The van der Waals surface area contributed by atoms with E-state index in [1.807, 2.05) is 0 Å². The fraction of sp³-hybridized carbons (Fsp3) is 0.200. The summed E-state index contributed by atoms with van der Waals surface area (Å²) >= 11 is 0. The van der Waals surface area contributed by atoms with E-state index < -0.39 is 5.82 Å². The number of hydrogen-bond donors (Lipinski definition) is 1. The average molecular weight is 237 g/mol. The predicted octanol–water partition coefficient (Wildman–Crippen LogP) is 1.06. The number of benzene rings is 1. The number of nitrogens with two attached hydrogens (primary N) is 1. The minimum absolute atomic E-state index is 0.0490. The van der Waals surface area contributed by atoms with E-state index in [9.17, 15) is 4.39 Å². The van der Waals surface area contributed by atoms with Crippen LogP contribution in [-0.4, -0.2) is 16.9 Å². The first-order chi connectivity index (χ1) is 8.29. The van der Waals surface area contributed by atoms with Crippen LogP contribution in [-0.2, 0) is 6.54 Å². The zero-order valence-electron chi connectivity index (χ0n) is 8.64. The molecule has 0 unspecified atom stereocenters. The third-order valence-electron chi connectivity index (χ3n) is 2.35. The second-order valence-electron chi connectivity index (χ2n) is 3.37. The molecule has 2 heterocycles. The average Bonchev–Trinajstić information content (AvgIpc) is 2.96. The van der Waals surface area contributed by atoms with E-state index in [4.69, 9.17) is 19.7 Å². The predicted molar refractivity (Wildman–Crippen MR) is 53.7 cm³/mol. The summed E-state index contributed by atoms with van der Waals surface area (Å²) in [6.45, 7) is 0.147. The Morgan fingerprint density at radius 1 is 1.35 bits per heavy atom. The first-order valence-electron chi connectivity index (χ1n) is 4.90. The van der Waals surface area contributed by atoms with Crippen LogP contribution in [0.5, 0.6) is 11.5 Å². The lowest BCUT2D eigenvalue weighted by Crippen LogP contribution is -1.97. The normalized spacial score (nSPS) is 13.1. The molecule has 0 saturated carbocycles. The van der Waals surface area contributed by atoms with Crippen molar-refractivity contribution in [3.05, 3.63) is 23.8 Å². The third kappa shape index (κ3) is 1.51. The van der Waals surface area contributed by atoms with Crippen LogP contribution in [0.15, 0.2) is 16.7 Å². The minimum Gasteiger partial charge on any atom is -0.454 e. The Bertz CT molecular complexity index is 570. The molecule has 3 rings (SSSR count). The number of nitrogens with zero attached hydrogens (tertiary/aromatic N) is 2. The van der Waals surface area contributed by atoms with Gasteiger partial charge in [-0.2, -0.15) is 4.98 Å². The van der Waals surface area contributed by atoms with Crippen molar-refractivity contribution in [2.45, 2.75) is 6.54 Å². The third-order valence-corrected chi connectivity index (χ3v) is 2.35. The van der Waals surface area contributed by atoms with Gasteiger partial charge in [0.25, 0.3) is 0 Å². The molecule has 0 spiro atoms. The molecule has 0 saturated heterocycles. The Morgan fingerprint density at radius 3 is 3.00 bits per heavy atom. The number of fused-ring (bicyclic) bond motifs is 1. The summed E-state index contributed by atoms with van der Waals surface area (Å²) in [5.41, 5.74) is 5.47. The molecule has 1 aromatic heterocycles. The van der Waals surface area contributed by atoms with Crippen LogP contribution in [0.25, 0.3) is 11.4 Å². The van der Waals surface area contributed by atoms with Crippen molar-refractivity contribution in [2.24, 2.45) is 5.73 Å². The summed E-state index contributed by atoms with van der Waals surface area (Å²) in [4.78, 5) is 3.96. The molecule has 1 aromatic carbocycles. The Labute approximate surface area is 95.1 Å². The largest absolute Gasteiger partial charge is 0.454 e. The van der Waals surface area contributed by atoms with Gasteiger partial charge in [0.2, 0.25) is 18.5 Å². The topological polar surface area (TPSA) is 83.4 Å². The fourth-order valence-electron chi connectivity index (χ4n) is 1.60. The van der Waals surface area contributed by atoms with Crippen molar-refractivity contribution in [3.63, 3.8) is 0 Å². The van der Waals surface area contributed by atoms with Crippen molar-refractivity contribution in [3.8, 4) is 22.9 Å². The molecule has 0 amide bonds. The van der Waals surface area contributed by atoms with Crippen LogP contribution in [0.1, 0.15) is 5.89 Å². The van der Waals surface area contributed by atoms with E-state index in [0.29, 0.717) is 5.75 Å². The maximum absolute atomic E-state index is 13.8. The lowest BCUT2D eigenvalue weighted by atomic mass is 10.1. The molecule has 6 nitrogen and oxygen atoms in total. The van der Waals surface area contributed by atoms with E-state index in [1.165, 1.54) is 12.1 Å². The van der Waals surface area contributed by atoms with Gasteiger partial charge in [0.15, 0.2) is 11.5 Å². The van der Waals surface area contributed by atoms with Gasteiger partial charge in [-0.15, -0.1) is 0 Å². The van der Waals surface area contributed by atoms with Crippen molar-refractivity contribution in [1.82, 2.24) is 10.1 Å². The van der Waals surface area contributed by atoms with E-state index in [0.717, 1.165) is 0 Å². The highest BCUT2D eigenvalue weighted by atomic mass is 19.1. The molecule has 2 aromatic rings. The number of hydrogen-bond acceptors (Lipinski definition) is 6. The first kappa shape index (κ1) is 10.0. The molecule has 88 valence electrons. The van der Waals surface area contributed by atoms with E-state index >= 15 is 0 Å². The van der Waals surface area contributed by atoms with Gasteiger partial charge >= 0.3 is 0 Å². The Morgan fingerprint density at radius 2 is 2.24 bits per heavy atom. The highest BCUT2D eigenvalue weighted by Gasteiger charge is 2.25. The van der Waals surface area contributed by atoms with Crippen LogP contribution in [0.3, 0.4) is 0 Å². The maximum Gasteiger partial charge on any atom is 0.240 e. The molecule has 0 radical (unpaired) electrons. The van der Waals surface area contributed by atoms with Gasteiger partial charge in [0.1, 0.15) is 11.4 Å². The SMILES string of the molecule is NCc1nc(-c2c(F)ccc3c2OCO3)no1. The first-order valence-corrected chi connectivity index (χ1v) is 4.90. The molecule has 17 heavy (non-hydrogen) atoms. The number of aromatic nitrogens is 2. The Balaban J connectivity index is 2.16. The molecule has 0 bridgehead atoms. The van der Waals surface area contributed by atoms with Crippen LogP contribution in [0, 0.1) is 5.82 Å². The van der Waals surface area contributed by atoms with Crippen LogP contribution in [0.2, 0.25) is 0 Å². The fourth-order valence-corrected chi connectivity index (χ4v) is 1.60. The van der Waals surface area contributed by atoms with Gasteiger partial charge in [-0.25, -0.2) is 4.39 Å². The summed E-state index contributed by atoms with van der Waals surface area (Å²) in [5, 5.41) is 3.65. The van der Waals surface area contributed by atoms with Crippen molar-refractivity contribution in [2.75, 3.05) is 6.79 Å². The molecule has 1 aliphatic heterocycles. The zero-order chi connectivity index (χ0) is 11.8. The van der Waals surface area contributed by atoms with E-state index in [-0.39, 0.29) is 36.4 Å². The second kappa shape index (κ2) is 3.70. The molecule has 1 aliphatic rings. The zero-order valence-corrected chi connectivity index (χ0v) is 8.64. The second-order valence-corrected chi connectivity index (χ2v) is 3.37. The van der Waals surface area contributed by atoms with Crippen molar-refractivity contribution in [1.29, 1.82) is 0 Å². The van der Waals surface area contributed by atoms with E-state index in [1.54, 1.807) is 0 Å². The Hall–Kier alpha value is -2.15. The Kier molecular flexibility index (Phi) is 2.19. The summed E-state index contributed by atoms with van der Waals surface area (Å²) in [7, 11) is 0. The molecule has 7 heteroatoms. The van der Waals surface area contributed by atoms with Gasteiger partial charge < -0.3 is 19.7 Å². The summed E-state index contributed by atoms with van der Waals surface area (Å²) in [5.74, 6) is 0.578. The molecular formula is C10H8FN3O3. The molecule has 2 N–H and O–H groups in total. The number of rotatable bonds is 2. The van der Waals surface area contributed by atoms with Gasteiger partial charge in [0.05, 0.1) is 6.54 Å². The van der Waals surface area contributed by atoms with E-state index in [2.05, 4.69) is 10.1 Å². The van der Waals surface area contributed by atoms with Gasteiger partial charge in [0, 0.05) is 0 Å². The van der Waals surface area contributed by atoms with Crippen LogP contribution >= 0.6 is 0 Å². The van der Waals surface area contributed by atoms with Gasteiger partial charge in [-0.1, -0.05) is 5.16 Å². The minimum atomic E-state index is -0.501. The highest BCUT2D eigenvalue weighted by molar-refractivity contribution is 5.69. The molecular weight excluding hydrogens is 229 g/mol. The van der Waals surface area contributed by atoms with Gasteiger partial charge in [-0.3, -0.25) is 0 Å². The molecule has 0 fully saturated rings. The number of ether oxygens (including phenoxy) is 2.